The van der Waals surface area contributed by atoms with Gasteiger partial charge in [0.25, 0.3) is 0 Å². The van der Waals surface area contributed by atoms with Crippen molar-refractivity contribution in [2.45, 2.75) is 19.0 Å². The molecule has 0 aromatic heterocycles. The largest absolute Gasteiger partial charge is 0.416 e. The molecule has 0 radical (unpaired) electrons. The zero-order valence-electron chi connectivity index (χ0n) is 8.65. The smallest absolute Gasteiger partial charge is 0.294 e. The Kier molecular flexibility index (Phi) is 4.68. The molecule has 0 saturated heterocycles. The molecular weight excluding hydrogens is 304 g/mol. The second-order valence-electron chi connectivity index (χ2n) is 3.44. The van der Waals surface area contributed by atoms with Crippen molar-refractivity contribution in [1.82, 2.24) is 0 Å². The Hall–Kier alpha value is -0.910. The van der Waals surface area contributed by atoms with Gasteiger partial charge < -0.3 is 0 Å². The highest BCUT2D eigenvalue weighted by Crippen LogP contribution is 2.30. The van der Waals surface area contributed by atoms with Gasteiger partial charge in [-0.2, -0.15) is 13.2 Å². The summed E-state index contributed by atoms with van der Waals surface area (Å²) in [5, 5.41) is 0.570. The summed E-state index contributed by atoms with van der Waals surface area (Å²) in [6.45, 7) is 0. The lowest BCUT2D eigenvalue weighted by atomic mass is 10.0. The van der Waals surface area contributed by atoms with Crippen molar-refractivity contribution in [3.05, 3.63) is 35.1 Å². The van der Waals surface area contributed by atoms with Gasteiger partial charge in [-0.15, -0.1) is 0 Å². The molecule has 6 heteroatoms. The molecule has 1 aromatic rings. The summed E-state index contributed by atoms with van der Waals surface area (Å²) in [5.74, 6) is -1.54. The van der Waals surface area contributed by atoms with Crippen molar-refractivity contribution in [2.24, 2.45) is 0 Å². The van der Waals surface area contributed by atoms with E-state index in [9.17, 15) is 22.4 Å². The molecule has 1 nitrogen and oxygen atoms in total. The molecule has 0 aliphatic carbocycles. The summed E-state index contributed by atoms with van der Waals surface area (Å²) in [7, 11) is 0. The number of carbonyl (C=O) groups is 1. The Morgan fingerprint density at radius 3 is 2.41 bits per heavy atom. The van der Waals surface area contributed by atoms with Gasteiger partial charge in [-0.25, -0.2) is 4.39 Å². The molecule has 94 valence electrons. The van der Waals surface area contributed by atoms with E-state index >= 15 is 0 Å². The predicted octanol–water partition coefficient (Wildman–Crippen LogP) is 4.20. The molecular formula is C11H9BrF4O. The summed E-state index contributed by atoms with van der Waals surface area (Å²) in [5.41, 5.74) is -1.38. The van der Waals surface area contributed by atoms with Crippen LogP contribution in [0.5, 0.6) is 0 Å². The number of hydrogen-bond donors (Lipinski definition) is 0. The van der Waals surface area contributed by atoms with Gasteiger partial charge in [-0.3, -0.25) is 4.79 Å². The van der Waals surface area contributed by atoms with Gasteiger partial charge in [0.05, 0.1) is 5.56 Å². The molecule has 17 heavy (non-hydrogen) atoms. The number of rotatable bonds is 4. The fourth-order valence-corrected chi connectivity index (χ4v) is 1.57. The van der Waals surface area contributed by atoms with Gasteiger partial charge >= 0.3 is 6.18 Å². The molecule has 1 aromatic carbocycles. The average molecular weight is 313 g/mol. The first-order valence-electron chi connectivity index (χ1n) is 4.81. The normalized spacial score (nSPS) is 11.6. The lowest BCUT2D eigenvalue weighted by Gasteiger charge is -2.08. The lowest BCUT2D eigenvalue weighted by Crippen LogP contribution is -2.08. The average Bonchev–Trinajstić information content (AvgIpc) is 2.23. The van der Waals surface area contributed by atoms with Crippen LogP contribution in [0, 0.1) is 5.82 Å². The molecule has 0 amide bonds. The monoisotopic (exact) mass is 312 g/mol. The van der Waals surface area contributed by atoms with E-state index in [0.29, 0.717) is 23.9 Å². The number of hydrogen-bond acceptors (Lipinski definition) is 1. The standard InChI is InChI=1S/C11H9BrF4O/c12-3-1-2-10(17)7-4-8(11(14,15)16)6-9(13)5-7/h4-6H,1-3H2. The van der Waals surface area contributed by atoms with Crippen molar-refractivity contribution >= 4 is 21.7 Å². The topological polar surface area (TPSA) is 17.1 Å². The first kappa shape index (κ1) is 14.2. The molecule has 0 spiro atoms. The van der Waals surface area contributed by atoms with Crippen LogP contribution < -0.4 is 0 Å². The maximum Gasteiger partial charge on any atom is 0.416 e. The molecule has 0 heterocycles. The van der Waals surface area contributed by atoms with E-state index in [1.165, 1.54) is 0 Å². The minimum absolute atomic E-state index is 0.0893. The maximum atomic E-state index is 13.0. The van der Waals surface area contributed by atoms with Crippen molar-refractivity contribution in [1.29, 1.82) is 0 Å². The number of halogens is 5. The van der Waals surface area contributed by atoms with Gasteiger partial charge in [-0.05, 0) is 24.6 Å². The van der Waals surface area contributed by atoms with Gasteiger partial charge in [0, 0.05) is 17.3 Å². The van der Waals surface area contributed by atoms with Crippen LogP contribution in [0.25, 0.3) is 0 Å². The quantitative estimate of drug-likeness (QED) is 0.462. The minimum Gasteiger partial charge on any atom is -0.294 e. The van der Waals surface area contributed by atoms with Gasteiger partial charge in [0.1, 0.15) is 5.82 Å². The first-order valence-corrected chi connectivity index (χ1v) is 5.93. The van der Waals surface area contributed by atoms with E-state index in [2.05, 4.69) is 15.9 Å². The molecule has 0 aliphatic rings. The zero-order valence-corrected chi connectivity index (χ0v) is 10.2. The molecule has 0 fully saturated rings. The highest BCUT2D eigenvalue weighted by atomic mass is 79.9. The van der Waals surface area contributed by atoms with Gasteiger partial charge in [0.15, 0.2) is 5.78 Å². The molecule has 1 rings (SSSR count). The van der Waals surface area contributed by atoms with Crippen LogP contribution in [0.1, 0.15) is 28.8 Å². The second-order valence-corrected chi connectivity index (χ2v) is 4.24. The third kappa shape index (κ3) is 4.11. The van der Waals surface area contributed by atoms with E-state index in [1.54, 1.807) is 0 Å². The van der Waals surface area contributed by atoms with Crippen LogP contribution in [-0.2, 0) is 6.18 Å². The fourth-order valence-electron chi connectivity index (χ4n) is 1.29. The SMILES string of the molecule is O=C(CCCBr)c1cc(F)cc(C(F)(F)F)c1. The first-order chi connectivity index (χ1) is 7.84. The fraction of sp³-hybridized carbons (Fsp3) is 0.364. The third-order valence-corrected chi connectivity index (χ3v) is 2.65. The summed E-state index contributed by atoms with van der Waals surface area (Å²) in [4.78, 5) is 11.5. The van der Waals surface area contributed by atoms with Crippen molar-refractivity contribution in [2.75, 3.05) is 5.33 Å². The van der Waals surface area contributed by atoms with Gasteiger partial charge in [0.2, 0.25) is 0 Å². The maximum absolute atomic E-state index is 13.0. The Morgan fingerprint density at radius 2 is 1.88 bits per heavy atom. The molecule has 0 atom stereocenters. The molecule has 0 N–H and O–H groups in total. The van der Waals surface area contributed by atoms with E-state index in [4.69, 9.17) is 0 Å². The summed E-state index contributed by atoms with van der Waals surface area (Å²) in [6.07, 6.45) is -4.06. The number of ketones is 1. The van der Waals surface area contributed by atoms with Crippen molar-refractivity contribution in [3.63, 3.8) is 0 Å². The second kappa shape index (κ2) is 5.62. The number of alkyl halides is 4. The molecule has 0 unspecified atom stereocenters. The zero-order chi connectivity index (χ0) is 13.1. The summed E-state index contributed by atoms with van der Waals surface area (Å²) in [6, 6.07) is 1.88. The van der Waals surface area contributed by atoms with E-state index in [0.717, 1.165) is 6.07 Å². The highest BCUT2D eigenvalue weighted by Gasteiger charge is 2.31. The van der Waals surface area contributed by atoms with Crippen molar-refractivity contribution < 1.29 is 22.4 Å². The summed E-state index contributed by atoms with van der Waals surface area (Å²) >= 11 is 3.10. The van der Waals surface area contributed by atoms with Crippen LogP contribution in [0.4, 0.5) is 17.6 Å². The number of carbonyl (C=O) groups excluding carboxylic acids is 1. The van der Waals surface area contributed by atoms with Crippen LogP contribution in [-0.4, -0.2) is 11.1 Å². The number of Topliss-reactive ketones (excluding diaryl/α,β-unsaturated/α-hetero) is 1. The third-order valence-electron chi connectivity index (χ3n) is 2.08. The highest BCUT2D eigenvalue weighted by molar-refractivity contribution is 9.09. The Balaban J connectivity index is 3.01. The van der Waals surface area contributed by atoms with Crippen molar-refractivity contribution in [3.8, 4) is 0 Å². The van der Waals surface area contributed by atoms with E-state index in [1.807, 2.05) is 0 Å². The van der Waals surface area contributed by atoms with Crippen LogP contribution >= 0.6 is 15.9 Å². The van der Waals surface area contributed by atoms with E-state index in [-0.39, 0.29) is 12.0 Å². The Morgan fingerprint density at radius 1 is 1.24 bits per heavy atom. The van der Waals surface area contributed by atoms with E-state index < -0.39 is 23.3 Å². The molecule has 0 aliphatic heterocycles. The van der Waals surface area contributed by atoms with Gasteiger partial charge in [-0.1, -0.05) is 15.9 Å². The Bertz CT molecular complexity index is 414. The van der Waals surface area contributed by atoms with Crippen LogP contribution in [0.2, 0.25) is 0 Å². The minimum atomic E-state index is -4.65. The van der Waals surface area contributed by atoms with Crippen LogP contribution in [0.15, 0.2) is 18.2 Å². The lowest BCUT2D eigenvalue weighted by molar-refractivity contribution is -0.137. The summed E-state index contributed by atoms with van der Waals surface area (Å²) < 4.78 is 50.1. The Labute approximate surface area is 104 Å². The molecule has 0 bridgehead atoms. The number of benzene rings is 1. The predicted molar refractivity (Wildman–Crippen MR) is 58.8 cm³/mol. The van der Waals surface area contributed by atoms with Crippen LogP contribution in [0.3, 0.4) is 0 Å². The molecule has 0 saturated carbocycles.